The summed E-state index contributed by atoms with van der Waals surface area (Å²) in [6.07, 6.45) is 2.85. The van der Waals surface area contributed by atoms with Gasteiger partial charge in [-0.05, 0) is 37.0 Å². The van der Waals surface area contributed by atoms with Gasteiger partial charge in [-0.2, -0.15) is 11.8 Å². The van der Waals surface area contributed by atoms with Crippen LogP contribution in [0.3, 0.4) is 0 Å². The maximum atomic E-state index is 11.0. The van der Waals surface area contributed by atoms with Crippen LogP contribution in [0.5, 0.6) is 11.5 Å². The number of phenolic OH excluding ortho intramolecular Hbond substituents is 2. The fourth-order valence-electron chi connectivity index (χ4n) is 1.74. The van der Waals surface area contributed by atoms with E-state index in [1.807, 2.05) is 6.26 Å². The number of carbonyl (C=O) groups is 1. The molecule has 0 heterocycles. The Balaban J connectivity index is 2.50. The molecule has 0 unspecified atom stereocenters. The molecule has 4 N–H and O–H groups in total. The van der Waals surface area contributed by atoms with Crippen LogP contribution in [0.4, 0.5) is 0 Å². The predicted molar refractivity (Wildman–Crippen MR) is 75.9 cm³/mol. The summed E-state index contributed by atoms with van der Waals surface area (Å²) < 4.78 is 0. The van der Waals surface area contributed by atoms with Crippen molar-refractivity contribution in [3.05, 3.63) is 23.8 Å². The Morgan fingerprint density at radius 1 is 1.37 bits per heavy atom. The Hall–Kier alpha value is -1.40. The van der Waals surface area contributed by atoms with E-state index in [9.17, 15) is 15.0 Å². The smallest absolute Gasteiger partial charge is 0.320 e. The molecule has 0 bridgehead atoms. The topological polar surface area (TPSA) is 89.8 Å². The zero-order valence-corrected chi connectivity index (χ0v) is 11.6. The Labute approximate surface area is 116 Å². The first-order valence-corrected chi connectivity index (χ1v) is 7.40. The molecule has 0 aliphatic rings. The zero-order valence-electron chi connectivity index (χ0n) is 10.8. The molecular weight excluding hydrogens is 266 g/mol. The lowest BCUT2D eigenvalue weighted by Crippen LogP contribution is -2.38. The first kappa shape index (κ1) is 15.7. The molecule has 5 nitrogen and oxygen atoms in total. The Morgan fingerprint density at radius 3 is 2.53 bits per heavy atom. The monoisotopic (exact) mass is 285 g/mol. The Bertz CT molecular complexity index is 405. The highest BCUT2D eigenvalue weighted by atomic mass is 32.2. The van der Waals surface area contributed by atoms with Gasteiger partial charge in [-0.15, -0.1) is 0 Å². The van der Waals surface area contributed by atoms with E-state index in [2.05, 4.69) is 5.32 Å². The van der Waals surface area contributed by atoms with Crippen molar-refractivity contribution in [2.24, 2.45) is 0 Å². The standard InChI is InChI=1S/C13H19NO4S/c1-19-8-6-10(13(17)18)14-7-5-9-11(15)3-2-4-12(9)16/h2-4,10,14-16H,5-8H2,1H3,(H,17,18)/t10-/m0/s1. The van der Waals surface area contributed by atoms with E-state index in [0.29, 0.717) is 24.9 Å². The molecule has 1 atom stereocenters. The molecular formula is C13H19NO4S. The minimum absolute atomic E-state index is 0.0257. The summed E-state index contributed by atoms with van der Waals surface area (Å²) >= 11 is 1.60. The molecule has 19 heavy (non-hydrogen) atoms. The van der Waals surface area contributed by atoms with E-state index in [1.165, 1.54) is 12.1 Å². The van der Waals surface area contributed by atoms with Crippen LogP contribution in [-0.4, -0.2) is 45.9 Å². The molecule has 0 amide bonds. The van der Waals surface area contributed by atoms with Crippen molar-refractivity contribution in [3.8, 4) is 11.5 Å². The van der Waals surface area contributed by atoms with Crippen LogP contribution in [0.15, 0.2) is 18.2 Å². The second-order valence-corrected chi connectivity index (χ2v) is 5.14. The molecule has 1 aromatic rings. The van der Waals surface area contributed by atoms with Crippen molar-refractivity contribution in [2.75, 3.05) is 18.6 Å². The fourth-order valence-corrected chi connectivity index (χ4v) is 2.21. The lowest BCUT2D eigenvalue weighted by molar-refractivity contribution is -0.139. The average molecular weight is 285 g/mol. The molecule has 0 aliphatic heterocycles. The van der Waals surface area contributed by atoms with Crippen molar-refractivity contribution in [3.63, 3.8) is 0 Å². The van der Waals surface area contributed by atoms with Crippen molar-refractivity contribution in [1.82, 2.24) is 5.32 Å². The number of carboxylic acids is 1. The minimum Gasteiger partial charge on any atom is -0.508 e. The molecule has 0 radical (unpaired) electrons. The quantitative estimate of drug-likeness (QED) is 0.578. The highest BCUT2D eigenvalue weighted by Crippen LogP contribution is 2.26. The number of phenols is 2. The molecule has 0 spiro atoms. The summed E-state index contributed by atoms with van der Waals surface area (Å²) in [5, 5.41) is 31.2. The van der Waals surface area contributed by atoms with E-state index in [0.717, 1.165) is 5.75 Å². The van der Waals surface area contributed by atoms with E-state index in [1.54, 1.807) is 17.8 Å². The number of rotatable bonds is 8. The second kappa shape index (κ2) is 7.91. The summed E-state index contributed by atoms with van der Waals surface area (Å²) in [6, 6.07) is 3.95. The number of hydrogen-bond donors (Lipinski definition) is 4. The van der Waals surface area contributed by atoms with E-state index < -0.39 is 12.0 Å². The van der Waals surface area contributed by atoms with E-state index >= 15 is 0 Å². The van der Waals surface area contributed by atoms with Crippen LogP contribution in [-0.2, 0) is 11.2 Å². The highest BCUT2D eigenvalue weighted by Gasteiger charge is 2.16. The van der Waals surface area contributed by atoms with Crippen molar-refractivity contribution < 1.29 is 20.1 Å². The van der Waals surface area contributed by atoms with E-state index in [4.69, 9.17) is 5.11 Å². The van der Waals surface area contributed by atoms with Gasteiger partial charge < -0.3 is 20.6 Å². The summed E-state index contributed by atoms with van der Waals surface area (Å²) in [7, 11) is 0. The van der Waals surface area contributed by atoms with Crippen molar-refractivity contribution in [2.45, 2.75) is 18.9 Å². The minimum atomic E-state index is -0.879. The van der Waals surface area contributed by atoms with Gasteiger partial charge in [0.2, 0.25) is 0 Å². The molecule has 0 fully saturated rings. The summed E-state index contributed by atoms with van der Waals surface area (Å²) in [5.74, 6) is -0.0580. The van der Waals surface area contributed by atoms with Gasteiger partial charge in [0.15, 0.2) is 0 Å². The van der Waals surface area contributed by atoms with Gasteiger partial charge >= 0.3 is 5.97 Å². The van der Waals surface area contributed by atoms with Crippen LogP contribution >= 0.6 is 11.8 Å². The van der Waals surface area contributed by atoms with E-state index in [-0.39, 0.29) is 11.5 Å². The maximum Gasteiger partial charge on any atom is 0.320 e. The van der Waals surface area contributed by atoms with Gasteiger partial charge in [0.05, 0.1) is 0 Å². The third-order valence-corrected chi connectivity index (χ3v) is 3.45. The van der Waals surface area contributed by atoms with Gasteiger partial charge in [-0.25, -0.2) is 0 Å². The lowest BCUT2D eigenvalue weighted by Gasteiger charge is -2.14. The molecule has 1 rings (SSSR count). The van der Waals surface area contributed by atoms with Crippen LogP contribution in [0.1, 0.15) is 12.0 Å². The Morgan fingerprint density at radius 2 is 2.00 bits per heavy atom. The summed E-state index contributed by atoms with van der Waals surface area (Å²) in [4.78, 5) is 11.0. The van der Waals surface area contributed by atoms with Gasteiger partial charge in [0, 0.05) is 12.1 Å². The zero-order chi connectivity index (χ0) is 14.3. The van der Waals surface area contributed by atoms with Crippen LogP contribution < -0.4 is 5.32 Å². The number of carboxylic acid groups (broad SMARTS) is 1. The predicted octanol–water partition coefficient (Wildman–Crippen LogP) is 1.44. The normalized spacial score (nSPS) is 12.3. The maximum absolute atomic E-state index is 11.0. The molecule has 106 valence electrons. The third-order valence-electron chi connectivity index (χ3n) is 2.80. The van der Waals surface area contributed by atoms with Crippen LogP contribution in [0.2, 0.25) is 0 Å². The molecule has 0 saturated heterocycles. The van der Waals surface area contributed by atoms with Crippen LogP contribution in [0.25, 0.3) is 0 Å². The van der Waals surface area contributed by atoms with Gasteiger partial charge in [-0.1, -0.05) is 6.07 Å². The first-order valence-electron chi connectivity index (χ1n) is 6.01. The fraction of sp³-hybridized carbons (Fsp3) is 0.462. The van der Waals surface area contributed by atoms with Crippen molar-refractivity contribution in [1.29, 1.82) is 0 Å². The third kappa shape index (κ3) is 5.00. The van der Waals surface area contributed by atoms with Gasteiger partial charge in [0.25, 0.3) is 0 Å². The average Bonchev–Trinajstić information content (AvgIpc) is 2.36. The number of hydrogen-bond acceptors (Lipinski definition) is 5. The number of aromatic hydroxyl groups is 2. The largest absolute Gasteiger partial charge is 0.508 e. The molecule has 0 aliphatic carbocycles. The highest BCUT2D eigenvalue weighted by molar-refractivity contribution is 7.98. The number of thioether (sulfide) groups is 1. The van der Waals surface area contributed by atoms with Crippen molar-refractivity contribution >= 4 is 17.7 Å². The summed E-state index contributed by atoms with van der Waals surface area (Å²) in [6.45, 7) is 0.385. The number of nitrogens with one attached hydrogen (secondary N) is 1. The molecule has 1 aromatic carbocycles. The Kier molecular flexibility index (Phi) is 6.52. The molecule has 0 aromatic heterocycles. The lowest BCUT2D eigenvalue weighted by atomic mass is 10.1. The van der Waals surface area contributed by atoms with Gasteiger partial charge in [-0.3, -0.25) is 4.79 Å². The second-order valence-electron chi connectivity index (χ2n) is 4.15. The SMILES string of the molecule is CSCC[C@H](NCCc1c(O)cccc1O)C(=O)O. The van der Waals surface area contributed by atoms with Gasteiger partial charge in [0.1, 0.15) is 17.5 Å². The summed E-state index contributed by atoms with van der Waals surface area (Å²) in [5.41, 5.74) is 0.434. The number of aliphatic carboxylic acids is 1. The first-order chi connectivity index (χ1) is 9.06. The molecule has 0 saturated carbocycles. The van der Waals surface area contributed by atoms with Crippen LogP contribution in [0, 0.1) is 0 Å². The number of benzene rings is 1. The molecule has 6 heteroatoms.